The first-order valence-corrected chi connectivity index (χ1v) is 15.3. The Balaban J connectivity index is 1.40. The number of fused-ring (bicyclic) bond motifs is 1. The Hall–Kier alpha value is -3.60. The number of nitrogens with zero attached hydrogens (tertiary/aromatic N) is 2. The van der Waals surface area contributed by atoms with Crippen LogP contribution in [0.5, 0.6) is 0 Å². The average Bonchev–Trinajstić information content (AvgIpc) is 3.43. The first kappa shape index (κ1) is 27.6. The summed E-state index contributed by atoms with van der Waals surface area (Å²) < 4.78 is 64.6. The molecule has 2 aromatic heterocycles. The Kier molecular flexibility index (Phi) is 7.63. The number of aryl methyl sites for hydroxylation is 1. The van der Waals surface area contributed by atoms with Gasteiger partial charge in [-0.2, -0.15) is 0 Å². The maximum absolute atomic E-state index is 15.2. The Labute approximate surface area is 238 Å². The van der Waals surface area contributed by atoms with E-state index in [1.54, 1.807) is 24.3 Å². The molecule has 1 saturated heterocycles. The summed E-state index contributed by atoms with van der Waals surface area (Å²) in [5.74, 6) is -1.07. The minimum absolute atomic E-state index is 0.166. The maximum Gasteiger partial charge on any atom is 0.269 e. The van der Waals surface area contributed by atoms with Gasteiger partial charge in [0.15, 0.2) is 5.65 Å². The number of anilines is 1. The lowest BCUT2D eigenvalue weighted by molar-refractivity contribution is 0.0699. The van der Waals surface area contributed by atoms with Crippen LogP contribution in [0.1, 0.15) is 30.4 Å². The monoisotopic (exact) mass is 578 g/mol. The van der Waals surface area contributed by atoms with Crippen LogP contribution in [0, 0.1) is 24.5 Å². The van der Waals surface area contributed by atoms with Crippen LogP contribution in [0.15, 0.2) is 65.8 Å². The molecule has 0 radical (unpaired) electrons. The minimum atomic E-state index is -4.05. The molecule has 4 aromatic rings. The molecule has 2 N–H and O–H groups in total. The molecule has 0 bridgehead atoms. The Morgan fingerprint density at radius 2 is 1.88 bits per heavy atom. The van der Waals surface area contributed by atoms with Gasteiger partial charge in [0.25, 0.3) is 10.0 Å². The molecule has 0 unspecified atom stereocenters. The summed E-state index contributed by atoms with van der Waals surface area (Å²) in [6.45, 7) is 5.29. The van der Waals surface area contributed by atoms with Crippen molar-refractivity contribution in [3.05, 3.63) is 83.7 Å². The highest BCUT2D eigenvalue weighted by Crippen LogP contribution is 2.36. The van der Waals surface area contributed by atoms with Crippen molar-refractivity contribution < 1.29 is 21.9 Å². The third-order valence-corrected chi connectivity index (χ3v) is 9.63. The Morgan fingerprint density at radius 1 is 1.05 bits per heavy atom. The summed E-state index contributed by atoms with van der Waals surface area (Å²) in [4.78, 5) is 4.57. The Morgan fingerprint density at radius 3 is 2.66 bits per heavy atom. The highest BCUT2D eigenvalue weighted by atomic mass is 32.2. The summed E-state index contributed by atoms with van der Waals surface area (Å²) >= 11 is 0. The zero-order chi connectivity index (χ0) is 28.6. The van der Waals surface area contributed by atoms with Crippen molar-refractivity contribution in [2.75, 3.05) is 38.2 Å². The number of hydrogen-bond acceptors (Lipinski definition) is 6. The van der Waals surface area contributed by atoms with Gasteiger partial charge in [-0.05, 0) is 79.6 Å². The van der Waals surface area contributed by atoms with Crippen LogP contribution in [-0.2, 0) is 14.8 Å². The smallest absolute Gasteiger partial charge is 0.269 e. The molecule has 0 atom stereocenters. The van der Waals surface area contributed by atoms with Crippen LogP contribution in [0.3, 0.4) is 0 Å². The predicted molar refractivity (Wildman–Crippen MR) is 156 cm³/mol. The van der Waals surface area contributed by atoms with E-state index in [0.29, 0.717) is 48.7 Å². The van der Waals surface area contributed by atoms with Crippen molar-refractivity contribution in [2.45, 2.75) is 31.1 Å². The van der Waals surface area contributed by atoms with E-state index >= 15 is 4.39 Å². The molecule has 2 aliphatic heterocycles. The van der Waals surface area contributed by atoms with Gasteiger partial charge in [0.05, 0.1) is 10.6 Å². The van der Waals surface area contributed by atoms with Crippen LogP contribution in [0.25, 0.3) is 27.7 Å². The second-order valence-electron chi connectivity index (χ2n) is 10.6. The van der Waals surface area contributed by atoms with Gasteiger partial charge < -0.3 is 15.4 Å². The standard InChI is InChI=1S/C31H32F2N4O3S/c1-20-2-3-30(25(16-20)22-4-10-34-11-5-22)41(38,39)37-13-7-24-23(6-12-35-31(24)37)26-17-29(28(33)18-27(26)32)36-19-21-8-14-40-15-9-21/h2-4,6-7,12-13,16-18,21,34,36H,5,8-11,14-15,19H2,1H3. The lowest BCUT2D eigenvalue weighted by Gasteiger charge is -2.23. The second kappa shape index (κ2) is 11.3. The molecule has 6 rings (SSSR count). The number of aromatic nitrogens is 2. The first-order valence-electron chi connectivity index (χ1n) is 13.9. The third kappa shape index (κ3) is 5.39. The predicted octanol–water partition coefficient (Wildman–Crippen LogP) is 5.74. The van der Waals surface area contributed by atoms with Crippen molar-refractivity contribution in [1.29, 1.82) is 0 Å². The summed E-state index contributed by atoms with van der Waals surface area (Å²) in [7, 11) is -4.05. The molecule has 41 heavy (non-hydrogen) atoms. The number of nitrogens with one attached hydrogen (secondary N) is 2. The Bertz CT molecular complexity index is 1740. The van der Waals surface area contributed by atoms with E-state index in [4.69, 9.17) is 4.74 Å². The van der Waals surface area contributed by atoms with Crippen molar-refractivity contribution in [2.24, 2.45) is 5.92 Å². The van der Waals surface area contributed by atoms with E-state index in [-0.39, 0.29) is 21.8 Å². The van der Waals surface area contributed by atoms with Crippen LogP contribution < -0.4 is 10.6 Å². The molecular weight excluding hydrogens is 546 g/mol. The number of ether oxygens (including phenoxy) is 1. The number of benzene rings is 2. The maximum atomic E-state index is 15.2. The summed E-state index contributed by atoms with van der Waals surface area (Å²) in [5.41, 5.74) is 3.59. The number of halogens is 2. The van der Waals surface area contributed by atoms with Gasteiger partial charge in [-0.25, -0.2) is 26.2 Å². The molecule has 2 aliphatic rings. The fraction of sp³-hybridized carbons (Fsp3) is 0.323. The topological polar surface area (TPSA) is 85.2 Å². The minimum Gasteiger partial charge on any atom is -0.382 e. The fourth-order valence-electron chi connectivity index (χ4n) is 5.63. The molecule has 0 spiro atoms. The zero-order valence-electron chi connectivity index (χ0n) is 22.8. The molecule has 7 nitrogen and oxygen atoms in total. The van der Waals surface area contributed by atoms with E-state index < -0.39 is 21.7 Å². The van der Waals surface area contributed by atoms with Gasteiger partial charge in [-0.3, -0.25) is 0 Å². The summed E-state index contributed by atoms with van der Waals surface area (Å²) in [6.07, 6.45) is 7.40. The van der Waals surface area contributed by atoms with Gasteiger partial charge in [0.2, 0.25) is 0 Å². The zero-order valence-corrected chi connectivity index (χ0v) is 23.6. The van der Waals surface area contributed by atoms with Crippen LogP contribution in [0.4, 0.5) is 14.5 Å². The van der Waals surface area contributed by atoms with Crippen LogP contribution in [0.2, 0.25) is 0 Å². The van der Waals surface area contributed by atoms with Crippen molar-refractivity contribution in [1.82, 2.24) is 14.3 Å². The van der Waals surface area contributed by atoms with E-state index in [2.05, 4.69) is 15.6 Å². The van der Waals surface area contributed by atoms with E-state index in [1.165, 1.54) is 18.5 Å². The SMILES string of the molecule is Cc1ccc(S(=O)(=O)n2ccc3c(-c4cc(NCC5CCOCC5)c(F)cc4F)ccnc32)c(C2=CCNCC2)c1. The van der Waals surface area contributed by atoms with Gasteiger partial charge in [0, 0.05) is 55.7 Å². The highest BCUT2D eigenvalue weighted by Gasteiger charge is 2.26. The first-order chi connectivity index (χ1) is 19.8. The third-order valence-electron chi connectivity index (χ3n) is 7.91. The van der Waals surface area contributed by atoms with E-state index in [0.717, 1.165) is 47.0 Å². The van der Waals surface area contributed by atoms with Gasteiger partial charge >= 0.3 is 0 Å². The van der Waals surface area contributed by atoms with Crippen molar-refractivity contribution in [3.8, 4) is 11.1 Å². The van der Waals surface area contributed by atoms with Gasteiger partial charge in [-0.1, -0.05) is 23.8 Å². The van der Waals surface area contributed by atoms with E-state index in [9.17, 15) is 12.8 Å². The molecule has 0 aliphatic carbocycles. The molecule has 2 aromatic carbocycles. The number of rotatable bonds is 7. The fourth-order valence-corrected chi connectivity index (χ4v) is 7.15. The molecule has 214 valence electrons. The highest BCUT2D eigenvalue weighted by molar-refractivity contribution is 7.90. The molecule has 0 saturated carbocycles. The second-order valence-corrected chi connectivity index (χ2v) is 12.4. The molecule has 10 heteroatoms. The lowest BCUT2D eigenvalue weighted by Crippen LogP contribution is -2.23. The molecular formula is C31H32F2N4O3S. The number of hydrogen-bond donors (Lipinski definition) is 2. The molecule has 4 heterocycles. The quantitative estimate of drug-likeness (QED) is 0.291. The molecule has 0 amide bonds. The van der Waals surface area contributed by atoms with E-state index in [1.807, 2.05) is 19.1 Å². The largest absolute Gasteiger partial charge is 0.382 e. The summed E-state index contributed by atoms with van der Waals surface area (Å²) in [6, 6.07) is 10.9. The van der Waals surface area contributed by atoms with Crippen LogP contribution in [-0.4, -0.2) is 50.2 Å². The lowest BCUT2D eigenvalue weighted by atomic mass is 9.99. The van der Waals surface area contributed by atoms with Crippen molar-refractivity contribution in [3.63, 3.8) is 0 Å². The molecule has 1 fully saturated rings. The normalized spacial score (nSPS) is 16.6. The van der Waals surface area contributed by atoms with Gasteiger partial charge in [0.1, 0.15) is 11.6 Å². The van der Waals surface area contributed by atoms with Gasteiger partial charge in [-0.15, -0.1) is 0 Å². The van der Waals surface area contributed by atoms with Crippen molar-refractivity contribution >= 4 is 32.3 Å². The average molecular weight is 579 g/mol. The summed E-state index contributed by atoms with van der Waals surface area (Å²) in [5, 5.41) is 6.85. The van der Waals surface area contributed by atoms with Crippen LogP contribution >= 0.6 is 0 Å². The number of pyridine rings is 1.